The van der Waals surface area contributed by atoms with E-state index in [4.69, 9.17) is 9.31 Å². The normalized spacial score (nSPS) is 34.6. The van der Waals surface area contributed by atoms with E-state index in [9.17, 15) is 0 Å². The third kappa shape index (κ3) is 2.78. The standard InChI is InChI=1S/C22H26BNO2S/c1-21(2)16-13-17(21)22(3)18(14-16)25-23(26-22)20(15-9-5-4-6-10-15)27-19-11-7-8-12-24-19/h4-12,16-18,20H,13-14H2,1-3H3/t16-,17+,18+,20?,22-/m0/s1. The predicted molar refractivity (Wildman–Crippen MR) is 109 cm³/mol. The van der Waals surface area contributed by atoms with Crippen molar-refractivity contribution in [1.82, 2.24) is 4.98 Å². The molecular formula is C22H26BNO2S. The summed E-state index contributed by atoms with van der Waals surface area (Å²) in [4.78, 5) is 4.52. The van der Waals surface area contributed by atoms with Crippen molar-refractivity contribution in [3.8, 4) is 0 Å². The van der Waals surface area contributed by atoms with Crippen LogP contribution in [0.1, 0.15) is 44.3 Å². The van der Waals surface area contributed by atoms with E-state index in [2.05, 4.69) is 62.2 Å². The zero-order valence-corrected chi connectivity index (χ0v) is 17.0. The summed E-state index contributed by atoms with van der Waals surface area (Å²) >= 11 is 1.74. The maximum Gasteiger partial charge on any atom is 0.476 e. The van der Waals surface area contributed by atoms with Gasteiger partial charge in [0.2, 0.25) is 0 Å². The smallest absolute Gasteiger partial charge is 0.404 e. The van der Waals surface area contributed by atoms with Gasteiger partial charge in [0.15, 0.2) is 0 Å². The molecule has 6 rings (SSSR count). The van der Waals surface area contributed by atoms with E-state index >= 15 is 0 Å². The van der Waals surface area contributed by atoms with Crippen LogP contribution in [0.3, 0.4) is 0 Å². The van der Waals surface area contributed by atoms with E-state index in [-0.39, 0.29) is 24.0 Å². The average molecular weight is 379 g/mol. The fourth-order valence-corrected chi connectivity index (χ4v) is 6.56. The molecular weight excluding hydrogens is 353 g/mol. The minimum atomic E-state index is -0.246. The van der Waals surface area contributed by atoms with Crippen molar-refractivity contribution in [2.45, 2.75) is 55.5 Å². The molecule has 1 unspecified atom stereocenters. The number of rotatable bonds is 4. The van der Waals surface area contributed by atoms with Crippen LogP contribution in [0, 0.1) is 17.3 Å². The van der Waals surface area contributed by atoms with Crippen molar-refractivity contribution in [2.24, 2.45) is 17.3 Å². The van der Waals surface area contributed by atoms with Gasteiger partial charge in [-0.15, -0.1) is 11.8 Å². The summed E-state index contributed by atoms with van der Waals surface area (Å²) in [5.41, 5.74) is 1.41. The molecule has 5 heteroatoms. The monoisotopic (exact) mass is 379 g/mol. The Balaban J connectivity index is 1.45. The molecule has 0 N–H and O–H groups in total. The Morgan fingerprint density at radius 1 is 1.07 bits per heavy atom. The zero-order chi connectivity index (χ0) is 18.6. The van der Waals surface area contributed by atoms with Gasteiger partial charge in [0.05, 0.1) is 21.9 Å². The number of pyridine rings is 1. The first-order chi connectivity index (χ1) is 13.0. The molecule has 3 nitrogen and oxygen atoms in total. The van der Waals surface area contributed by atoms with Crippen LogP contribution in [0.15, 0.2) is 59.8 Å². The summed E-state index contributed by atoms with van der Waals surface area (Å²) in [6, 6.07) is 16.6. The third-order valence-electron chi connectivity index (χ3n) is 7.23. The summed E-state index contributed by atoms with van der Waals surface area (Å²) in [6.45, 7) is 7.09. The van der Waals surface area contributed by atoms with E-state index in [0.29, 0.717) is 11.3 Å². The highest BCUT2D eigenvalue weighted by Crippen LogP contribution is 2.66. The topological polar surface area (TPSA) is 31.4 Å². The Labute approximate surface area is 166 Å². The quantitative estimate of drug-likeness (QED) is 0.541. The summed E-state index contributed by atoms with van der Waals surface area (Å²) in [5, 5.41) is 1.08. The fraction of sp³-hybridized carbons (Fsp3) is 0.500. The van der Waals surface area contributed by atoms with Gasteiger partial charge < -0.3 is 9.31 Å². The second kappa shape index (κ2) is 6.36. The van der Waals surface area contributed by atoms with Gasteiger partial charge in [-0.05, 0) is 54.7 Å². The molecule has 0 spiro atoms. The van der Waals surface area contributed by atoms with Gasteiger partial charge in [0.1, 0.15) is 0 Å². The molecule has 2 aromatic rings. The number of aromatic nitrogens is 1. The Hall–Kier alpha value is -1.30. The molecule has 4 fully saturated rings. The van der Waals surface area contributed by atoms with Crippen LogP contribution >= 0.6 is 11.8 Å². The van der Waals surface area contributed by atoms with Gasteiger partial charge in [0.25, 0.3) is 0 Å². The minimum Gasteiger partial charge on any atom is -0.404 e. The van der Waals surface area contributed by atoms with Crippen molar-refractivity contribution in [1.29, 1.82) is 0 Å². The molecule has 140 valence electrons. The number of hydrogen-bond donors (Lipinski definition) is 0. The number of thioether (sulfide) groups is 1. The van der Waals surface area contributed by atoms with Crippen molar-refractivity contribution in [3.05, 3.63) is 60.3 Å². The first-order valence-electron chi connectivity index (χ1n) is 9.94. The lowest BCUT2D eigenvalue weighted by Gasteiger charge is -2.64. The number of hydrogen-bond acceptors (Lipinski definition) is 4. The summed E-state index contributed by atoms with van der Waals surface area (Å²) in [5.74, 6) is 1.34. The first-order valence-corrected chi connectivity index (χ1v) is 10.8. The van der Waals surface area contributed by atoms with E-state index in [1.165, 1.54) is 12.0 Å². The molecule has 1 saturated heterocycles. The first kappa shape index (κ1) is 17.8. The average Bonchev–Trinajstić information content (AvgIpc) is 3.04. The molecule has 5 atom stereocenters. The zero-order valence-electron chi connectivity index (χ0n) is 16.2. The number of benzene rings is 1. The highest BCUT2D eigenvalue weighted by molar-refractivity contribution is 8.00. The largest absolute Gasteiger partial charge is 0.476 e. The van der Waals surface area contributed by atoms with Crippen LogP contribution in [-0.4, -0.2) is 23.8 Å². The van der Waals surface area contributed by atoms with Crippen LogP contribution in [0.5, 0.6) is 0 Å². The van der Waals surface area contributed by atoms with Crippen LogP contribution < -0.4 is 0 Å². The van der Waals surface area contributed by atoms with Gasteiger partial charge in [-0.3, -0.25) is 0 Å². The Bertz CT molecular complexity index is 818. The molecule has 0 radical (unpaired) electrons. The van der Waals surface area contributed by atoms with Gasteiger partial charge in [-0.25, -0.2) is 4.98 Å². The van der Waals surface area contributed by atoms with Crippen LogP contribution in [0.25, 0.3) is 0 Å². The van der Waals surface area contributed by atoms with Crippen LogP contribution in [0.2, 0.25) is 0 Å². The number of nitrogens with zero attached hydrogens (tertiary/aromatic N) is 1. The molecule has 1 aromatic carbocycles. The molecule has 0 amide bonds. The summed E-state index contributed by atoms with van der Waals surface area (Å²) in [7, 11) is -0.246. The van der Waals surface area contributed by atoms with Crippen molar-refractivity contribution >= 4 is 18.9 Å². The molecule has 2 bridgehead atoms. The van der Waals surface area contributed by atoms with Crippen molar-refractivity contribution < 1.29 is 9.31 Å². The third-order valence-corrected chi connectivity index (χ3v) is 8.46. The second-order valence-corrected chi connectivity index (χ2v) is 10.1. The van der Waals surface area contributed by atoms with E-state index in [1.807, 2.05) is 18.3 Å². The van der Waals surface area contributed by atoms with Crippen molar-refractivity contribution in [2.75, 3.05) is 0 Å². The molecule has 27 heavy (non-hydrogen) atoms. The molecule has 4 aliphatic rings. The molecule has 3 aliphatic carbocycles. The van der Waals surface area contributed by atoms with Gasteiger partial charge in [0, 0.05) is 6.20 Å². The van der Waals surface area contributed by atoms with Crippen LogP contribution in [-0.2, 0) is 9.31 Å². The van der Waals surface area contributed by atoms with Gasteiger partial charge >= 0.3 is 7.12 Å². The van der Waals surface area contributed by atoms with E-state index in [1.54, 1.807) is 11.8 Å². The summed E-state index contributed by atoms with van der Waals surface area (Å²) < 4.78 is 13.3. The predicted octanol–water partition coefficient (Wildman–Crippen LogP) is 5.18. The Morgan fingerprint density at radius 2 is 1.85 bits per heavy atom. The molecule has 2 heterocycles. The lowest BCUT2D eigenvalue weighted by Crippen LogP contribution is -2.65. The second-order valence-electron chi connectivity index (χ2n) is 8.95. The molecule has 3 saturated carbocycles. The van der Waals surface area contributed by atoms with Crippen molar-refractivity contribution in [3.63, 3.8) is 0 Å². The lowest BCUT2D eigenvalue weighted by atomic mass is 9.43. The van der Waals surface area contributed by atoms with Crippen LogP contribution in [0.4, 0.5) is 0 Å². The summed E-state index contributed by atoms with van der Waals surface area (Å²) in [6.07, 6.45) is 4.44. The highest BCUT2D eigenvalue weighted by atomic mass is 32.2. The lowest BCUT2D eigenvalue weighted by molar-refractivity contribution is -0.199. The van der Waals surface area contributed by atoms with E-state index in [0.717, 1.165) is 17.4 Å². The Morgan fingerprint density at radius 3 is 2.56 bits per heavy atom. The minimum absolute atomic E-state index is 0.0730. The van der Waals surface area contributed by atoms with E-state index < -0.39 is 0 Å². The molecule has 1 aliphatic heterocycles. The SMILES string of the molecule is CC1(C)[C@H]2C[C@H]1[C@]1(C)OB(C(Sc3ccccn3)c3ccccc3)O[C@@H]1C2. The van der Waals surface area contributed by atoms with Gasteiger partial charge in [-0.2, -0.15) is 0 Å². The maximum absolute atomic E-state index is 6.76. The molecule has 1 aromatic heterocycles. The Kier molecular flexibility index (Phi) is 4.19. The highest BCUT2D eigenvalue weighted by Gasteiger charge is 2.68. The maximum atomic E-state index is 6.76. The fourth-order valence-electron chi connectivity index (χ4n) is 5.50. The van der Waals surface area contributed by atoms with Gasteiger partial charge in [-0.1, -0.05) is 50.2 Å².